The van der Waals surface area contributed by atoms with Crippen molar-refractivity contribution < 1.29 is 9.18 Å². The van der Waals surface area contributed by atoms with E-state index in [4.69, 9.17) is 0 Å². The predicted molar refractivity (Wildman–Crippen MR) is 109 cm³/mol. The van der Waals surface area contributed by atoms with Gasteiger partial charge in [0.15, 0.2) is 0 Å². The first kappa shape index (κ1) is 20.5. The van der Waals surface area contributed by atoms with Gasteiger partial charge >= 0.3 is 0 Å². The van der Waals surface area contributed by atoms with Crippen molar-refractivity contribution in [3.63, 3.8) is 0 Å². The van der Waals surface area contributed by atoms with E-state index in [9.17, 15) is 9.18 Å². The highest BCUT2D eigenvalue weighted by Gasteiger charge is 2.37. The van der Waals surface area contributed by atoms with E-state index in [-0.39, 0.29) is 17.3 Å². The van der Waals surface area contributed by atoms with Crippen molar-refractivity contribution in [3.8, 4) is 5.69 Å². The number of nitrogens with one attached hydrogen (secondary N) is 1. The molecule has 1 aliphatic rings. The smallest absolute Gasteiger partial charge is 0.255 e. The Hall–Kier alpha value is -2.21. The quantitative estimate of drug-likeness (QED) is 0.849. The highest BCUT2D eigenvalue weighted by Crippen LogP contribution is 2.35. The third-order valence-corrected chi connectivity index (χ3v) is 6.18. The zero-order valence-electron chi connectivity index (χ0n) is 17.6. The molecule has 0 unspecified atom stereocenters. The Morgan fingerprint density at radius 3 is 2.61 bits per heavy atom. The summed E-state index contributed by atoms with van der Waals surface area (Å²) in [6.45, 7) is 6.64. The molecular formula is C22H31FN4O. The Balaban J connectivity index is 1.80. The van der Waals surface area contributed by atoms with Gasteiger partial charge in [0.2, 0.25) is 0 Å². The molecule has 0 spiro atoms. The second-order valence-electron chi connectivity index (χ2n) is 8.44. The van der Waals surface area contributed by atoms with Crippen LogP contribution in [0, 0.1) is 25.6 Å². The van der Waals surface area contributed by atoms with Gasteiger partial charge in [-0.05, 0) is 71.0 Å². The van der Waals surface area contributed by atoms with Crippen LogP contribution in [0.4, 0.5) is 4.39 Å². The van der Waals surface area contributed by atoms with Crippen LogP contribution in [-0.4, -0.2) is 46.8 Å². The average Bonchev–Trinajstić information content (AvgIpc) is 2.94. The Kier molecular flexibility index (Phi) is 5.89. The number of halogens is 1. The van der Waals surface area contributed by atoms with Gasteiger partial charge in [-0.25, -0.2) is 9.07 Å². The first-order valence-corrected chi connectivity index (χ1v) is 10.0. The molecule has 1 aromatic heterocycles. The number of nitrogens with zero attached hydrogens (tertiary/aromatic N) is 3. The lowest BCUT2D eigenvalue weighted by Gasteiger charge is -2.45. The minimum absolute atomic E-state index is 0.00207. The van der Waals surface area contributed by atoms with Crippen LogP contribution in [0.1, 0.15) is 54.4 Å². The molecule has 1 saturated carbocycles. The largest absolute Gasteiger partial charge is 0.350 e. The fourth-order valence-electron chi connectivity index (χ4n) is 4.50. The van der Waals surface area contributed by atoms with Crippen LogP contribution < -0.4 is 5.32 Å². The standard InChI is InChI=1S/C22H31FN4O/c1-15-7-6-12-22(13-15,26(4)5)14-24-21(28)20-16(2)25-27(17(20)3)19-10-8-18(23)9-11-19/h8-11,15H,6-7,12-14H2,1-5H3,(H,24,28)/t15-,22-/m1/s1. The molecule has 2 aromatic rings. The van der Waals surface area contributed by atoms with Crippen molar-refractivity contribution in [2.24, 2.45) is 5.92 Å². The fraction of sp³-hybridized carbons (Fsp3) is 0.545. The van der Waals surface area contributed by atoms with Gasteiger partial charge in [0.25, 0.3) is 5.91 Å². The van der Waals surface area contributed by atoms with E-state index >= 15 is 0 Å². The maximum absolute atomic E-state index is 13.2. The summed E-state index contributed by atoms with van der Waals surface area (Å²) in [5.41, 5.74) is 2.78. The van der Waals surface area contributed by atoms with Crippen molar-refractivity contribution in [3.05, 3.63) is 47.0 Å². The van der Waals surface area contributed by atoms with E-state index in [2.05, 4.69) is 36.3 Å². The first-order chi connectivity index (χ1) is 13.2. The van der Waals surface area contributed by atoms with Crippen LogP contribution in [0.5, 0.6) is 0 Å². The fourth-order valence-corrected chi connectivity index (χ4v) is 4.50. The van der Waals surface area contributed by atoms with Crippen LogP contribution in [0.25, 0.3) is 5.69 Å². The number of amides is 1. The predicted octanol–water partition coefficient (Wildman–Crippen LogP) is 3.87. The summed E-state index contributed by atoms with van der Waals surface area (Å²) in [7, 11) is 4.21. The molecule has 1 heterocycles. The van der Waals surface area contributed by atoms with Gasteiger partial charge in [-0.1, -0.05) is 19.8 Å². The third-order valence-electron chi connectivity index (χ3n) is 6.18. The first-order valence-electron chi connectivity index (χ1n) is 10.0. The van der Waals surface area contributed by atoms with Gasteiger partial charge in [0.1, 0.15) is 5.82 Å². The average molecular weight is 387 g/mol. The summed E-state index contributed by atoms with van der Waals surface area (Å²) >= 11 is 0. The normalized spacial score (nSPS) is 22.5. The van der Waals surface area contributed by atoms with Crippen molar-refractivity contribution in [1.82, 2.24) is 20.0 Å². The molecule has 3 rings (SSSR count). The molecule has 1 aliphatic carbocycles. The Bertz CT molecular complexity index is 843. The number of likely N-dealkylation sites (N-methyl/N-ethyl adjacent to an activating group) is 1. The zero-order valence-corrected chi connectivity index (χ0v) is 17.6. The minimum atomic E-state index is -0.293. The molecule has 152 valence electrons. The number of carbonyl (C=O) groups is 1. The molecular weight excluding hydrogens is 355 g/mol. The monoisotopic (exact) mass is 386 g/mol. The van der Waals surface area contributed by atoms with Gasteiger partial charge in [-0.15, -0.1) is 0 Å². The zero-order chi connectivity index (χ0) is 20.5. The molecule has 1 amide bonds. The molecule has 2 atom stereocenters. The lowest BCUT2D eigenvalue weighted by Crippen LogP contribution is -2.55. The summed E-state index contributed by atoms with van der Waals surface area (Å²) < 4.78 is 14.9. The lowest BCUT2D eigenvalue weighted by molar-refractivity contribution is 0.0674. The number of rotatable bonds is 5. The number of aryl methyl sites for hydroxylation is 1. The highest BCUT2D eigenvalue weighted by molar-refractivity contribution is 5.96. The van der Waals surface area contributed by atoms with E-state index in [1.54, 1.807) is 16.8 Å². The summed E-state index contributed by atoms with van der Waals surface area (Å²) in [6.07, 6.45) is 4.63. The molecule has 28 heavy (non-hydrogen) atoms. The molecule has 5 nitrogen and oxygen atoms in total. The van der Waals surface area contributed by atoms with Gasteiger partial charge in [0, 0.05) is 12.1 Å². The summed E-state index contributed by atoms with van der Waals surface area (Å²) in [6, 6.07) is 6.13. The number of hydrogen-bond donors (Lipinski definition) is 1. The number of aromatic nitrogens is 2. The maximum Gasteiger partial charge on any atom is 0.255 e. The number of hydrogen-bond acceptors (Lipinski definition) is 3. The van der Waals surface area contributed by atoms with E-state index < -0.39 is 0 Å². The van der Waals surface area contributed by atoms with E-state index in [1.807, 2.05) is 13.8 Å². The van der Waals surface area contributed by atoms with E-state index in [0.717, 1.165) is 24.2 Å². The van der Waals surface area contributed by atoms with Crippen molar-refractivity contribution in [1.29, 1.82) is 0 Å². The SMILES string of the molecule is Cc1nn(-c2ccc(F)cc2)c(C)c1C(=O)NC[C@@]1(N(C)C)CCC[C@@H](C)C1. The van der Waals surface area contributed by atoms with Crippen LogP contribution in [0.15, 0.2) is 24.3 Å². The molecule has 1 aromatic carbocycles. The van der Waals surface area contributed by atoms with Crippen LogP contribution in [0.3, 0.4) is 0 Å². The lowest BCUT2D eigenvalue weighted by atomic mass is 9.75. The van der Waals surface area contributed by atoms with E-state index in [0.29, 0.717) is 23.7 Å². The summed E-state index contributed by atoms with van der Waals surface area (Å²) in [5, 5.41) is 7.69. The second kappa shape index (κ2) is 8.03. The number of carbonyl (C=O) groups excluding carboxylic acids is 1. The summed E-state index contributed by atoms with van der Waals surface area (Å²) in [5.74, 6) is 0.277. The van der Waals surface area contributed by atoms with Crippen molar-refractivity contribution >= 4 is 5.91 Å². The molecule has 0 bridgehead atoms. The van der Waals surface area contributed by atoms with Gasteiger partial charge in [0.05, 0.1) is 22.6 Å². The minimum Gasteiger partial charge on any atom is -0.350 e. The number of benzene rings is 1. The van der Waals surface area contributed by atoms with Crippen LogP contribution in [0.2, 0.25) is 0 Å². The topological polar surface area (TPSA) is 50.2 Å². The second-order valence-corrected chi connectivity index (χ2v) is 8.44. The van der Waals surface area contributed by atoms with Crippen LogP contribution >= 0.6 is 0 Å². The van der Waals surface area contributed by atoms with Gasteiger partial charge < -0.3 is 10.2 Å². The van der Waals surface area contributed by atoms with Gasteiger partial charge in [-0.3, -0.25) is 4.79 Å². The summed E-state index contributed by atoms with van der Waals surface area (Å²) in [4.78, 5) is 15.3. The molecule has 1 N–H and O–H groups in total. The van der Waals surface area contributed by atoms with Crippen LogP contribution in [-0.2, 0) is 0 Å². The Morgan fingerprint density at radius 1 is 1.32 bits per heavy atom. The van der Waals surface area contributed by atoms with Gasteiger partial charge in [-0.2, -0.15) is 5.10 Å². The Labute approximate surface area is 166 Å². The molecule has 6 heteroatoms. The van der Waals surface area contributed by atoms with Crippen molar-refractivity contribution in [2.45, 2.75) is 52.0 Å². The maximum atomic E-state index is 13.2. The highest BCUT2D eigenvalue weighted by atomic mass is 19.1. The van der Waals surface area contributed by atoms with E-state index in [1.165, 1.54) is 25.0 Å². The van der Waals surface area contributed by atoms with Crippen molar-refractivity contribution in [2.75, 3.05) is 20.6 Å². The molecule has 1 fully saturated rings. The Morgan fingerprint density at radius 2 is 2.00 bits per heavy atom. The third kappa shape index (κ3) is 3.97. The molecule has 0 saturated heterocycles. The molecule has 0 aliphatic heterocycles. The molecule has 0 radical (unpaired) electrons.